The first kappa shape index (κ1) is 25.3. The zero-order chi connectivity index (χ0) is 22.3. The molecular weight excluding hydrogens is 388 g/mol. The van der Waals surface area contributed by atoms with Gasteiger partial charge >= 0.3 is 0 Å². The van der Waals surface area contributed by atoms with E-state index in [0.717, 1.165) is 69.8 Å². The zero-order valence-corrected chi connectivity index (χ0v) is 19.1. The van der Waals surface area contributed by atoms with Gasteiger partial charge in [0, 0.05) is 37.7 Å². The van der Waals surface area contributed by atoms with E-state index in [0.29, 0.717) is 25.2 Å². The smallest absolute Gasteiger partial charge is 0.220 e. The summed E-state index contributed by atoms with van der Waals surface area (Å²) in [4.78, 5) is 28.3. The molecule has 1 aliphatic rings. The van der Waals surface area contributed by atoms with E-state index >= 15 is 0 Å². The van der Waals surface area contributed by atoms with Crippen molar-refractivity contribution in [3.05, 3.63) is 42.2 Å². The number of Topliss-reactive ketones (excluding diaryl/α,β-unsaturated/α-hetero) is 1. The Morgan fingerprint density at radius 3 is 2.87 bits per heavy atom. The molecule has 1 saturated carbocycles. The van der Waals surface area contributed by atoms with E-state index in [1.807, 2.05) is 18.2 Å². The number of aliphatic hydroxyl groups excluding tert-OH is 1. The summed E-state index contributed by atoms with van der Waals surface area (Å²) in [6.45, 7) is 2.69. The molecule has 0 spiro atoms. The predicted octanol–water partition coefficient (Wildman–Crippen LogP) is 5.13. The van der Waals surface area contributed by atoms with Gasteiger partial charge in [-0.15, -0.1) is 0 Å². The molecule has 1 aliphatic carbocycles. The Kier molecular flexibility index (Phi) is 12.1. The number of allylic oxidation sites excluding steroid dienone is 1. The van der Waals surface area contributed by atoms with Gasteiger partial charge < -0.3 is 10.4 Å². The van der Waals surface area contributed by atoms with E-state index in [1.54, 1.807) is 12.4 Å². The Morgan fingerprint density at radius 1 is 1.26 bits per heavy atom. The van der Waals surface area contributed by atoms with Crippen molar-refractivity contribution in [3.63, 3.8) is 0 Å². The number of rotatable bonds is 15. The third-order valence-electron chi connectivity index (χ3n) is 6.22. The van der Waals surface area contributed by atoms with Crippen LogP contribution in [-0.4, -0.2) is 27.9 Å². The van der Waals surface area contributed by atoms with Crippen LogP contribution >= 0.6 is 0 Å². The number of hydrogen-bond donors (Lipinski definition) is 2. The number of hydrogen-bond acceptors (Lipinski definition) is 4. The second-order valence-corrected chi connectivity index (χ2v) is 8.81. The fourth-order valence-corrected chi connectivity index (χ4v) is 4.31. The highest BCUT2D eigenvalue weighted by molar-refractivity contribution is 5.83. The molecule has 0 aliphatic heterocycles. The van der Waals surface area contributed by atoms with Crippen molar-refractivity contribution in [2.24, 2.45) is 11.8 Å². The third-order valence-corrected chi connectivity index (χ3v) is 6.22. The van der Waals surface area contributed by atoms with Crippen molar-refractivity contribution in [2.75, 3.05) is 0 Å². The van der Waals surface area contributed by atoms with E-state index < -0.39 is 0 Å². The van der Waals surface area contributed by atoms with Crippen molar-refractivity contribution >= 4 is 11.7 Å². The molecule has 0 unspecified atom stereocenters. The number of aliphatic hydroxyl groups is 1. The maximum atomic E-state index is 12.3. The predicted molar refractivity (Wildman–Crippen MR) is 124 cm³/mol. The first-order valence-corrected chi connectivity index (χ1v) is 12.1. The Bertz CT molecular complexity index is 674. The Morgan fingerprint density at radius 2 is 2.10 bits per heavy atom. The van der Waals surface area contributed by atoms with Crippen LogP contribution in [0.3, 0.4) is 0 Å². The number of carbonyl (C=O) groups is 2. The monoisotopic (exact) mass is 428 g/mol. The van der Waals surface area contributed by atoms with Crippen LogP contribution in [0.25, 0.3) is 0 Å². The van der Waals surface area contributed by atoms with Crippen molar-refractivity contribution in [1.29, 1.82) is 0 Å². The largest absolute Gasteiger partial charge is 0.389 e. The standard InChI is InChI=1S/C26H40N2O3/c1-2-3-6-11-23(29)16-14-22-15-17-25(30)24(22)12-7-4-5-8-13-26(31)28-20-21-10-9-18-27-19-21/h9-10,14,16,18-19,22-24,29H,2-8,11-13,15,17,20H2,1H3,(H,28,31)/t22-,23-,24-/m0/s1. The van der Waals surface area contributed by atoms with Gasteiger partial charge in [0.2, 0.25) is 5.91 Å². The summed E-state index contributed by atoms with van der Waals surface area (Å²) < 4.78 is 0. The van der Waals surface area contributed by atoms with Crippen LogP contribution in [0.5, 0.6) is 0 Å². The van der Waals surface area contributed by atoms with E-state index in [2.05, 4.69) is 23.3 Å². The van der Waals surface area contributed by atoms with Crippen LogP contribution in [0, 0.1) is 11.8 Å². The molecule has 2 rings (SSSR count). The lowest BCUT2D eigenvalue weighted by atomic mass is 9.89. The first-order valence-electron chi connectivity index (χ1n) is 12.1. The second kappa shape index (κ2) is 14.9. The Balaban J connectivity index is 1.57. The fraction of sp³-hybridized carbons (Fsp3) is 0.654. The van der Waals surface area contributed by atoms with Gasteiger partial charge in [-0.1, -0.05) is 63.7 Å². The van der Waals surface area contributed by atoms with Crippen LogP contribution in [0.15, 0.2) is 36.7 Å². The molecule has 31 heavy (non-hydrogen) atoms. The maximum absolute atomic E-state index is 12.3. The molecule has 3 atom stereocenters. The van der Waals surface area contributed by atoms with Crippen LogP contribution < -0.4 is 5.32 Å². The molecule has 5 nitrogen and oxygen atoms in total. The third kappa shape index (κ3) is 10.2. The maximum Gasteiger partial charge on any atom is 0.220 e. The molecule has 172 valence electrons. The minimum atomic E-state index is -0.382. The van der Waals surface area contributed by atoms with Gasteiger partial charge in [0.05, 0.1) is 6.10 Å². The SMILES string of the molecule is CCCCC[C@H](O)C=C[C@H]1CCC(=O)[C@H]1CCCCCCC(=O)NCc1cccnc1. The van der Waals surface area contributed by atoms with E-state index in [9.17, 15) is 14.7 Å². The first-order chi connectivity index (χ1) is 15.1. The number of nitrogens with one attached hydrogen (secondary N) is 1. The Labute approximate surface area is 187 Å². The van der Waals surface area contributed by atoms with Crippen LogP contribution in [0.4, 0.5) is 0 Å². The highest BCUT2D eigenvalue weighted by Gasteiger charge is 2.32. The lowest BCUT2D eigenvalue weighted by Crippen LogP contribution is -2.22. The quantitative estimate of drug-likeness (QED) is 0.300. The molecule has 1 fully saturated rings. The van der Waals surface area contributed by atoms with Crippen LogP contribution in [0.1, 0.15) is 89.5 Å². The number of aromatic nitrogens is 1. The van der Waals surface area contributed by atoms with E-state index in [4.69, 9.17) is 0 Å². The number of ketones is 1. The normalized spacial score (nSPS) is 19.7. The lowest BCUT2D eigenvalue weighted by molar-refractivity contribution is -0.122. The molecule has 1 aromatic rings. The van der Waals surface area contributed by atoms with Crippen molar-refractivity contribution in [3.8, 4) is 0 Å². The Hall–Kier alpha value is -2.01. The average molecular weight is 429 g/mol. The molecule has 0 aromatic carbocycles. The molecule has 0 radical (unpaired) electrons. The number of carbonyl (C=O) groups excluding carboxylic acids is 2. The van der Waals surface area contributed by atoms with Gasteiger partial charge in [-0.3, -0.25) is 14.6 Å². The molecule has 1 heterocycles. The van der Waals surface area contributed by atoms with E-state index in [-0.39, 0.29) is 23.8 Å². The summed E-state index contributed by atoms with van der Waals surface area (Å²) in [6.07, 6.45) is 18.3. The molecular formula is C26H40N2O3. The van der Waals surface area contributed by atoms with Gasteiger partial charge in [0.15, 0.2) is 0 Å². The lowest BCUT2D eigenvalue weighted by Gasteiger charge is -2.15. The molecule has 1 amide bonds. The van der Waals surface area contributed by atoms with Gasteiger partial charge in [0.1, 0.15) is 5.78 Å². The number of pyridine rings is 1. The summed E-state index contributed by atoms with van der Waals surface area (Å²) in [5.74, 6) is 0.857. The van der Waals surface area contributed by atoms with Gasteiger partial charge in [-0.05, 0) is 43.2 Å². The van der Waals surface area contributed by atoms with Crippen LogP contribution in [-0.2, 0) is 16.1 Å². The molecule has 0 bridgehead atoms. The zero-order valence-electron chi connectivity index (χ0n) is 19.1. The summed E-state index contributed by atoms with van der Waals surface area (Å²) in [5.41, 5.74) is 1.01. The van der Waals surface area contributed by atoms with Gasteiger partial charge in [0.25, 0.3) is 0 Å². The highest BCUT2D eigenvalue weighted by Crippen LogP contribution is 2.34. The van der Waals surface area contributed by atoms with E-state index in [1.165, 1.54) is 0 Å². The number of unbranched alkanes of at least 4 members (excludes halogenated alkanes) is 5. The molecule has 2 N–H and O–H groups in total. The summed E-state index contributed by atoms with van der Waals surface area (Å²) in [5, 5.41) is 13.0. The molecule has 5 heteroatoms. The average Bonchev–Trinajstić information content (AvgIpc) is 3.13. The molecule has 0 saturated heterocycles. The minimum absolute atomic E-state index is 0.0810. The number of amides is 1. The van der Waals surface area contributed by atoms with Crippen molar-refractivity contribution < 1.29 is 14.7 Å². The highest BCUT2D eigenvalue weighted by atomic mass is 16.3. The summed E-state index contributed by atoms with van der Waals surface area (Å²) in [6, 6.07) is 3.82. The molecule has 1 aromatic heterocycles. The minimum Gasteiger partial charge on any atom is -0.389 e. The second-order valence-electron chi connectivity index (χ2n) is 8.81. The van der Waals surface area contributed by atoms with Crippen LogP contribution in [0.2, 0.25) is 0 Å². The van der Waals surface area contributed by atoms with Gasteiger partial charge in [-0.25, -0.2) is 0 Å². The van der Waals surface area contributed by atoms with Gasteiger partial charge in [-0.2, -0.15) is 0 Å². The topological polar surface area (TPSA) is 79.3 Å². The van der Waals surface area contributed by atoms with Crippen molar-refractivity contribution in [1.82, 2.24) is 10.3 Å². The fourth-order valence-electron chi connectivity index (χ4n) is 4.31. The number of nitrogens with zero attached hydrogens (tertiary/aromatic N) is 1. The summed E-state index contributed by atoms with van der Waals surface area (Å²) in [7, 11) is 0. The summed E-state index contributed by atoms with van der Waals surface area (Å²) >= 11 is 0. The van der Waals surface area contributed by atoms with Crippen molar-refractivity contribution in [2.45, 2.75) is 96.6 Å².